The van der Waals surface area contributed by atoms with Crippen LogP contribution in [-0.2, 0) is 9.53 Å². The van der Waals surface area contributed by atoms with Crippen LogP contribution in [0.2, 0.25) is 0 Å². The van der Waals surface area contributed by atoms with Gasteiger partial charge in [-0.1, -0.05) is 30.3 Å². The SMILES string of the molecule is COC(=O)C12CNCC1C(=NN)CCC2c1ccccc1. The second-order valence-corrected chi connectivity index (χ2v) is 5.84. The van der Waals surface area contributed by atoms with E-state index in [1.807, 2.05) is 18.2 Å². The van der Waals surface area contributed by atoms with Gasteiger partial charge in [0.25, 0.3) is 0 Å². The van der Waals surface area contributed by atoms with Crippen LogP contribution in [0.4, 0.5) is 0 Å². The van der Waals surface area contributed by atoms with E-state index in [1.165, 1.54) is 12.7 Å². The third kappa shape index (κ3) is 2.03. The van der Waals surface area contributed by atoms with E-state index in [9.17, 15) is 4.79 Å². The molecule has 2 aliphatic rings. The molecule has 1 aliphatic carbocycles. The molecule has 5 heteroatoms. The Morgan fingerprint density at radius 1 is 1.38 bits per heavy atom. The van der Waals surface area contributed by atoms with Crippen LogP contribution in [0.3, 0.4) is 0 Å². The second kappa shape index (κ2) is 5.48. The molecule has 5 nitrogen and oxygen atoms in total. The van der Waals surface area contributed by atoms with Gasteiger partial charge in [0.15, 0.2) is 0 Å². The first kappa shape index (κ1) is 14.1. The van der Waals surface area contributed by atoms with Crippen molar-refractivity contribution in [1.29, 1.82) is 0 Å². The summed E-state index contributed by atoms with van der Waals surface area (Å²) in [6, 6.07) is 10.2. The first-order valence-corrected chi connectivity index (χ1v) is 7.34. The highest BCUT2D eigenvalue weighted by Crippen LogP contribution is 2.52. The Hall–Kier alpha value is -1.88. The van der Waals surface area contributed by atoms with Gasteiger partial charge in [0.1, 0.15) is 0 Å². The van der Waals surface area contributed by atoms with Crippen molar-refractivity contribution < 1.29 is 9.53 Å². The van der Waals surface area contributed by atoms with E-state index < -0.39 is 5.41 Å². The topological polar surface area (TPSA) is 76.7 Å². The number of methoxy groups -OCH3 is 1. The van der Waals surface area contributed by atoms with Crippen LogP contribution in [0.15, 0.2) is 35.4 Å². The average Bonchev–Trinajstić information content (AvgIpc) is 3.00. The summed E-state index contributed by atoms with van der Waals surface area (Å²) < 4.78 is 5.16. The van der Waals surface area contributed by atoms with Gasteiger partial charge in [0.2, 0.25) is 0 Å². The van der Waals surface area contributed by atoms with Crippen molar-refractivity contribution >= 4 is 11.7 Å². The zero-order valence-corrected chi connectivity index (χ0v) is 12.2. The van der Waals surface area contributed by atoms with Gasteiger partial charge < -0.3 is 15.9 Å². The van der Waals surface area contributed by atoms with E-state index in [1.54, 1.807) is 0 Å². The molecule has 0 bridgehead atoms. The molecule has 0 spiro atoms. The molecule has 112 valence electrons. The highest BCUT2D eigenvalue weighted by atomic mass is 16.5. The summed E-state index contributed by atoms with van der Waals surface area (Å²) in [4.78, 5) is 12.7. The van der Waals surface area contributed by atoms with E-state index in [0.29, 0.717) is 6.54 Å². The summed E-state index contributed by atoms with van der Waals surface area (Å²) in [6.45, 7) is 1.34. The van der Waals surface area contributed by atoms with E-state index in [-0.39, 0.29) is 17.8 Å². The highest BCUT2D eigenvalue weighted by molar-refractivity contribution is 5.95. The van der Waals surface area contributed by atoms with Gasteiger partial charge in [-0.25, -0.2) is 0 Å². The van der Waals surface area contributed by atoms with Gasteiger partial charge in [-0.05, 0) is 18.4 Å². The Morgan fingerprint density at radius 3 is 2.81 bits per heavy atom. The number of benzene rings is 1. The lowest BCUT2D eigenvalue weighted by Gasteiger charge is -2.43. The number of nitrogens with one attached hydrogen (secondary N) is 1. The number of carbonyl (C=O) groups excluding carboxylic acids is 1. The van der Waals surface area contributed by atoms with Crippen molar-refractivity contribution in [2.75, 3.05) is 20.2 Å². The molecule has 1 heterocycles. The summed E-state index contributed by atoms with van der Waals surface area (Å²) in [5.41, 5.74) is 1.53. The Kier molecular flexibility index (Phi) is 3.68. The largest absolute Gasteiger partial charge is 0.469 e. The van der Waals surface area contributed by atoms with Crippen LogP contribution in [0.1, 0.15) is 24.3 Å². The fourth-order valence-electron chi connectivity index (χ4n) is 4.08. The smallest absolute Gasteiger partial charge is 0.314 e. The number of hydrogen-bond donors (Lipinski definition) is 2. The average molecular weight is 287 g/mol. The fraction of sp³-hybridized carbons (Fsp3) is 0.500. The van der Waals surface area contributed by atoms with Crippen molar-refractivity contribution in [1.82, 2.24) is 5.32 Å². The lowest BCUT2D eigenvalue weighted by molar-refractivity contribution is -0.155. The summed E-state index contributed by atoms with van der Waals surface area (Å²) in [7, 11) is 1.46. The quantitative estimate of drug-likeness (QED) is 0.488. The maximum Gasteiger partial charge on any atom is 0.314 e. The van der Waals surface area contributed by atoms with Crippen LogP contribution in [0.25, 0.3) is 0 Å². The van der Waals surface area contributed by atoms with Gasteiger partial charge in [0, 0.05) is 30.6 Å². The first-order chi connectivity index (χ1) is 10.2. The number of fused-ring (bicyclic) bond motifs is 1. The highest BCUT2D eigenvalue weighted by Gasteiger charge is 2.59. The second-order valence-electron chi connectivity index (χ2n) is 5.84. The Morgan fingerprint density at radius 2 is 2.14 bits per heavy atom. The maximum absolute atomic E-state index is 12.7. The normalized spacial score (nSPS) is 33.7. The predicted octanol–water partition coefficient (Wildman–Crippen LogP) is 1.26. The molecule has 3 atom stereocenters. The minimum Gasteiger partial charge on any atom is -0.469 e. The van der Waals surface area contributed by atoms with Crippen LogP contribution in [0.5, 0.6) is 0 Å². The molecule has 3 N–H and O–H groups in total. The molecule has 0 amide bonds. The number of nitrogens with two attached hydrogens (primary N) is 1. The molecule has 3 unspecified atom stereocenters. The fourth-order valence-corrected chi connectivity index (χ4v) is 4.08. The lowest BCUT2D eigenvalue weighted by atomic mass is 9.59. The Bertz CT molecular complexity index is 558. The Labute approximate surface area is 124 Å². The number of rotatable bonds is 2. The summed E-state index contributed by atoms with van der Waals surface area (Å²) in [5.74, 6) is 5.55. The zero-order chi connectivity index (χ0) is 14.9. The molecule has 3 rings (SSSR count). The number of esters is 1. The van der Waals surface area contributed by atoms with Crippen LogP contribution in [0, 0.1) is 11.3 Å². The standard InChI is InChI=1S/C16H21N3O2/c1-21-15(20)16-10-18-9-13(16)14(19-17)8-7-12(16)11-5-3-2-4-6-11/h2-6,12-13,18H,7-10,17H2,1H3. The minimum absolute atomic E-state index is 0.0221. The monoisotopic (exact) mass is 287 g/mol. The number of hydrazone groups is 1. The number of nitrogens with zero attached hydrogens (tertiary/aromatic N) is 1. The van der Waals surface area contributed by atoms with Crippen LogP contribution >= 0.6 is 0 Å². The van der Waals surface area contributed by atoms with Gasteiger partial charge in [-0.3, -0.25) is 4.79 Å². The summed E-state index contributed by atoms with van der Waals surface area (Å²) >= 11 is 0. The van der Waals surface area contributed by atoms with Gasteiger partial charge in [0.05, 0.1) is 12.5 Å². The minimum atomic E-state index is -0.591. The molecule has 0 radical (unpaired) electrons. The van der Waals surface area contributed by atoms with E-state index in [4.69, 9.17) is 10.6 Å². The lowest BCUT2D eigenvalue weighted by Crippen LogP contribution is -2.50. The van der Waals surface area contributed by atoms with E-state index in [2.05, 4.69) is 22.6 Å². The molecule has 1 aliphatic heterocycles. The zero-order valence-electron chi connectivity index (χ0n) is 12.2. The van der Waals surface area contributed by atoms with Gasteiger partial charge in [-0.2, -0.15) is 5.10 Å². The van der Waals surface area contributed by atoms with Gasteiger partial charge in [-0.15, -0.1) is 0 Å². The maximum atomic E-state index is 12.7. The van der Waals surface area contributed by atoms with Crippen LogP contribution < -0.4 is 11.2 Å². The number of ether oxygens (including phenoxy) is 1. The third-order valence-electron chi connectivity index (χ3n) is 5.03. The van der Waals surface area contributed by atoms with E-state index >= 15 is 0 Å². The van der Waals surface area contributed by atoms with Crippen LogP contribution in [-0.4, -0.2) is 31.9 Å². The summed E-state index contributed by atoms with van der Waals surface area (Å²) in [6.07, 6.45) is 1.70. The van der Waals surface area contributed by atoms with Crippen molar-refractivity contribution in [3.8, 4) is 0 Å². The van der Waals surface area contributed by atoms with Crippen molar-refractivity contribution in [3.63, 3.8) is 0 Å². The third-order valence-corrected chi connectivity index (χ3v) is 5.03. The molecule has 1 aromatic rings. The molecule has 2 fully saturated rings. The molecule has 1 saturated heterocycles. The van der Waals surface area contributed by atoms with Crippen molar-refractivity contribution in [2.45, 2.75) is 18.8 Å². The molecule has 0 aromatic heterocycles. The molecule has 1 saturated carbocycles. The molecule has 1 aromatic carbocycles. The first-order valence-electron chi connectivity index (χ1n) is 7.34. The van der Waals surface area contributed by atoms with Gasteiger partial charge >= 0.3 is 5.97 Å². The number of hydrogen-bond acceptors (Lipinski definition) is 5. The van der Waals surface area contributed by atoms with Crippen molar-refractivity contribution in [2.24, 2.45) is 22.3 Å². The molecule has 21 heavy (non-hydrogen) atoms. The Balaban J connectivity index is 2.09. The molecular weight excluding hydrogens is 266 g/mol. The number of carbonyl (C=O) groups is 1. The van der Waals surface area contributed by atoms with Crippen molar-refractivity contribution in [3.05, 3.63) is 35.9 Å². The summed E-state index contributed by atoms with van der Waals surface area (Å²) in [5, 5.41) is 7.30. The predicted molar refractivity (Wildman–Crippen MR) is 80.8 cm³/mol. The molecular formula is C16H21N3O2. The van der Waals surface area contributed by atoms with E-state index in [0.717, 1.165) is 25.1 Å².